The topological polar surface area (TPSA) is 44.8 Å². The summed E-state index contributed by atoms with van der Waals surface area (Å²) in [4.78, 5) is 16.6. The van der Waals surface area contributed by atoms with Gasteiger partial charge in [0.2, 0.25) is 0 Å². The van der Waals surface area contributed by atoms with E-state index in [-0.39, 0.29) is 12.1 Å². The fourth-order valence-corrected chi connectivity index (χ4v) is 3.66. The maximum absolute atomic E-state index is 12.2. The molecule has 1 aromatic rings. The fraction of sp³-hybridized carbons (Fsp3) is 0.650. The van der Waals surface area contributed by atoms with Crippen LogP contribution in [0.25, 0.3) is 0 Å². The molecule has 5 heteroatoms. The minimum absolute atomic E-state index is 0.0102. The van der Waals surface area contributed by atoms with Crippen molar-refractivity contribution < 1.29 is 9.53 Å². The number of carbonyl (C=O) groups is 1. The van der Waals surface area contributed by atoms with Crippen LogP contribution in [-0.4, -0.2) is 49.8 Å². The minimum atomic E-state index is -0.0102. The Hall–Kier alpha value is -1.75. The summed E-state index contributed by atoms with van der Waals surface area (Å²) in [5.74, 6) is 0.920. The van der Waals surface area contributed by atoms with Gasteiger partial charge in [-0.05, 0) is 76.4 Å². The molecule has 138 valence electrons. The summed E-state index contributed by atoms with van der Waals surface area (Å²) in [5.41, 5.74) is 2.21. The van der Waals surface area contributed by atoms with E-state index in [0.717, 1.165) is 44.0 Å². The van der Waals surface area contributed by atoms with E-state index in [1.165, 1.54) is 37.9 Å². The molecule has 0 unspecified atom stereocenters. The molecule has 1 saturated heterocycles. The SMILES string of the molecule is CC(C)NC(=O)N1CCc2cc(OCCCN3CCCCC3)ccc21. The zero-order valence-corrected chi connectivity index (χ0v) is 15.6. The predicted molar refractivity (Wildman–Crippen MR) is 102 cm³/mol. The minimum Gasteiger partial charge on any atom is -0.494 e. The number of benzene rings is 1. The Kier molecular flexibility index (Phi) is 6.19. The number of amides is 2. The molecule has 0 aromatic heterocycles. The lowest BCUT2D eigenvalue weighted by molar-refractivity contribution is 0.205. The predicted octanol–water partition coefficient (Wildman–Crippen LogP) is 3.42. The monoisotopic (exact) mass is 345 g/mol. The summed E-state index contributed by atoms with van der Waals surface area (Å²) in [6, 6.07) is 6.24. The third kappa shape index (κ3) is 4.88. The van der Waals surface area contributed by atoms with Crippen LogP contribution in [0.15, 0.2) is 18.2 Å². The van der Waals surface area contributed by atoms with Crippen molar-refractivity contribution in [2.45, 2.75) is 52.0 Å². The van der Waals surface area contributed by atoms with Crippen molar-refractivity contribution in [3.63, 3.8) is 0 Å². The zero-order valence-electron chi connectivity index (χ0n) is 15.6. The number of carbonyl (C=O) groups excluding carboxylic acids is 1. The molecule has 1 N–H and O–H groups in total. The average molecular weight is 345 g/mol. The lowest BCUT2D eigenvalue weighted by Gasteiger charge is -2.26. The second kappa shape index (κ2) is 8.56. The highest BCUT2D eigenvalue weighted by atomic mass is 16.5. The Morgan fingerprint density at radius 1 is 1.20 bits per heavy atom. The van der Waals surface area contributed by atoms with Crippen molar-refractivity contribution in [3.05, 3.63) is 23.8 Å². The van der Waals surface area contributed by atoms with Crippen molar-refractivity contribution >= 4 is 11.7 Å². The molecule has 1 fully saturated rings. The summed E-state index contributed by atoms with van der Waals surface area (Å²) in [6.45, 7) is 9.08. The first-order valence-electron chi connectivity index (χ1n) is 9.69. The smallest absolute Gasteiger partial charge is 0.322 e. The summed E-state index contributed by atoms with van der Waals surface area (Å²) in [6.07, 6.45) is 6.03. The molecule has 0 atom stereocenters. The highest BCUT2D eigenvalue weighted by Crippen LogP contribution is 2.31. The van der Waals surface area contributed by atoms with Crippen molar-refractivity contribution in [2.75, 3.05) is 37.7 Å². The van der Waals surface area contributed by atoms with E-state index in [4.69, 9.17) is 4.74 Å². The van der Waals surface area contributed by atoms with Gasteiger partial charge in [0, 0.05) is 24.8 Å². The number of likely N-dealkylation sites (tertiary alicyclic amines) is 1. The summed E-state index contributed by atoms with van der Waals surface area (Å²) >= 11 is 0. The molecule has 0 bridgehead atoms. The Morgan fingerprint density at radius 2 is 2.00 bits per heavy atom. The van der Waals surface area contributed by atoms with Crippen LogP contribution in [0.3, 0.4) is 0 Å². The number of urea groups is 1. The number of nitrogens with zero attached hydrogens (tertiary/aromatic N) is 2. The number of ether oxygens (including phenoxy) is 1. The van der Waals surface area contributed by atoms with Crippen LogP contribution in [0.2, 0.25) is 0 Å². The van der Waals surface area contributed by atoms with Crippen LogP contribution < -0.4 is 15.0 Å². The van der Waals surface area contributed by atoms with Gasteiger partial charge in [-0.3, -0.25) is 4.90 Å². The second-order valence-electron chi connectivity index (χ2n) is 7.40. The molecule has 0 saturated carbocycles. The van der Waals surface area contributed by atoms with Gasteiger partial charge in [0.05, 0.1) is 6.61 Å². The molecular formula is C20H31N3O2. The quantitative estimate of drug-likeness (QED) is 0.804. The standard InChI is InChI=1S/C20H31N3O2/c1-16(2)21-20(24)23-13-9-17-15-18(7-8-19(17)23)25-14-6-12-22-10-4-3-5-11-22/h7-8,15-16H,3-6,9-14H2,1-2H3,(H,21,24). The lowest BCUT2D eigenvalue weighted by atomic mass is 10.1. The van der Waals surface area contributed by atoms with Crippen molar-refractivity contribution in [3.8, 4) is 5.75 Å². The first kappa shape index (κ1) is 18.1. The summed E-state index contributed by atoms with van der Waals surface area (Å²) in [5, 5.41) is 2.96. The van der Waals surface area contributed by atoms with E-state index in [0.29, 0.717) is 0 Å². The molecule has 0 radical (unpaired) electrons. The van der Waals surface area contributed by atoms with Crippen LogP contribution in [0.5, 0.6) is 5.75 Å². The van der Waals surface area contributed by atoms with Crippen LogP contribution in [-0.2, 0) is 6.42 Å². The van der Waals surface area contributed by atoms with Gasteiger partial charge in [0.15, 0.2) is 0 Å². The van der Waals surface area contributed by atoms with E-state index in [1.807, 2.05) is 30.9 Å². The van der Waals surface area contributed by atoms with Crippen molar-refractivity contribution in [1.82, 2.24) is 10.2 Å². The van der Waals surface area contributed by atoms with Crippen molar-refractivity contribution in [2.24, 2.45) is 0 Å². The van der Waals surface area contributed by atoms with Crippen LogP contribution in [0.4, 0.5) is 10.5 Å². The molecule has 0 aliphatic carbocycles. The largest absolute Gasteiger partial charge is 0.494 e. The highest BCUT2D eigenvalue weighted by Gasteiger charge is 2.25. The highest BCUT2D eigenvalue weighted by molar-refractivity contribution is 5.94. The van der Waals surface area contributed by atoms with Gasteiger partial charge in [0.25, 0.3) is 0 Å². The number of rotatable bonds is 6. The Labute approximate surface area is 151 Å². The molecule has 3 rings (SSSR count). The van der Waals surface area contributed by atoms with Gasteiger partial charge in [-0.15, -0.1) is 0 Å². The molecule has 0 spiro atoms. The van der Waals surface area contributed by atoms with Gasteiger partial charge in [-0.1, -0.05) is 6.42 Å². The van der Waals surface area contributed by atoms with Gasteiger partial charge in [-0.2, -0.15) is 0 Å². The number of hydrogen-bond donors (Lipinski definition) is 1. The summed E-state index contributed by atoms with van der Waals surface area (Å²) in [7, 11) is 0. The summed E-state index contributed by atoms with van der Waals surface area (Å²) < 4.78 is 5.94. The van der Waals surface area contributed by atoms with Gasteiger partial charge in [0.1, 0.15) is 5.75 Å². The first-order valence-corrected chi connectivity index (χ1v) is 9.69. The van der Waals surface area contributed by atoms with E-state index in [9.17, 15) is 4.79 Å². The van der Waals surface area contributed by atoms with E-state index >= 15 is 0 Å². The molecule has 25 heavy (non-hydrogen) atoms. The average Bonchev–Trinajstić information content (AvgIpc) is 3.02. The maximum atomic E-state index is 12.2. The Balaban J connectivity index is 1.47. The molecule has 2 heterocycles. The zero-order chi connectivity index (χ0) is 17.6. The molecule has 2 amide bonds. The third-order valence-electron chi connectivity index (χ3n) is 4.94. The maximum Gasteiger partial charge on any atom is 0.322 e. The number of piperidine rings is 1. The Morgan fingerprint density at radius 3 is 2.76 bits per heavy atom. The molecule has 5 nitrogen and oxygen atoms in total. The second-order valence-corrected chi connectivity index (χ2v) is 7.40. The number of anilines is 1. The van der Waals surface area contributed by atoms with E-state index < -0.39 is 0 Å². The van der Waals surface area contributed by atoms with E-state index in [2.05, 4.69) is 16.3 Å². The molecule has 1 aromatic carbocycles. The molecule has 2 aliphatic heterocycles. The van der Waals surface area contributed by atoms with E-state index in [1.54, 1.807) is 0 Å². The third-order valence-corrected chi connectivity index (χ3v) is 4.94. The number of fused-ring (bicyclic) bond motifs is 1. The van der Waals surface area contributed by atoms with Gasteiger partial charge < -0.3 is 15.0 Å². The number of nitrogens with one attached hydrogen (secondary N) is 1. The van der Waals surface area contributed by atoms with Crippen LogP contribution in [0.1, 0.15) is 45.1 Å². The van der Waals surface area contributed by atoms with Crippen LogP contribution >= 0.6 is 0 Å². The van der Waals surface area contributed by atoms with Crippen molar-refractivity contribution in [1.29, 1.82) is 0 Å². The first-order chi connectivity index (χ1) is 12.1. The Bertz CT molecular complexity index is 582. The van der Waals surface area contributed by atoms with Gasteiger partial charge in [-0.25, -0.2) is 4.79 Å². The van der Waals surface area contributed by atoms with Gasteiger partial charge >= 0.3 is 6.03 Å². The lowest BCUT2D eigenvalue weighted by Crippen LogP contribution is -2.42. The fourth-order valence-electron chi connectivity index (χ4n) is 3.66. The number of hydrogen-bond acceptors (Lipinski definition) is 3. The molecular weight excluding hydrogens is 314 g/mol. The van der Waals surface area contributed by atoms with Crippen LogP contribution in [0, 0.1) is 0 Å². The normalized spacial score (nSPS) is 17.6. The molecule has 2 aliphatic rings.